The first-order chi connectivity index (χ1) is 16.1. The number of aromatic nitrogens is 2. The molecule has 3 aromatic rings. The predicted molar refractivity (Wildman–Crippen MR) is 126 cm³/mol. The van der Waals surface area contributed by atoms with Crippen molar-refractivity contribution in [3.8, 4) is 0 Å². The second kappa shape index (κ2) is 9.31. The Morgan fingerprint density at radius 2 is 2.12 bits per heavy atom. The zero-order chi connectivity index (χ0) is 22.8. The van der Waals surface area contributed by atoms with Crippen molar-refractivity contribution in [3.63, 3.8) is 0 Å². The van der Waals surface area contributed by atoms with Gasteiger partial charge in [0.15, 0.2) is 0 Å². The van der Waals surface area contributed by atoms with Crippen molar-refractivity contribution in [1.82, 2.24) is 20.4 Å². The van der Waals surface area contributed by atoms with E-state index in [1.165, 1.54) is 5.56 Å². The van der Waals surface area contributed by atoms with E-state index in [4.69, 9.17) is 4.52 Å². The van der Waals surface area contributed by atoms with Crippen molar-refractivity contribution in [2.45, 2.75) is 52.1 Å². The first kappa shape index (κ1) is 21.6. The van der Waals surface area contributed by atoms with Crippen LogP contribution in [0.25, 0.3) is 6.08 Å². The Labute approximate surface area is 196 Å². The van der Waals surface area contributed by atoms with Crippen LogP contribution in [0.5, 0.6) is 0 Å². The molecule has 7 nitrogen and oxygen atoms in total. The average molecular weight is 463 g/mol. The standard InChI is InChI=1S/C25H26N4O3S/c1-16-21(14-27-23(30)9-8-18-5-4-12-33-18)19-10-11-29(15-17(19)13-26-16)25(31)24-20-6-2-3-7-22(20)28-32-24/h4-5,8-9,12-13H,2-3,6-7,10-11,14-15H2,1H3,(H,27,30)/b9-8+. The molecule has 0 spiro atoms. The minimum Gasteiger partial charge on any atom is -0.350 e. The van der Waals surface area contributed by atoms with E-state index in [1.54, 1.807) is 17.4 Å². The van der Waals surface area contributed by atoms with Gasteiger partial charge in [0, 0.05) is 48.0 Å². The molecular formula is C25H26N4O3S. The summed E-state index contributed by atoms with van der Waals surface area (Å²) in [5.41, 5.74) is 6.05. The minimum atomic E-state index is -0.136. The van der Waals surface area contributed by atoms with Crippen molar-refractivity contribution >= 4 is 29.2 Å². The van der Waals surface area contributed by atoms with Gasteiger partial charge in [-0.15, -0.1) is 11.3 Å². The molecule has 0 radical (unpaired) electrons. The van der Waals surface area contributed by atoms with E-state index < -0.39 is 0 Å². The van der Waals surface area contributed by atoms with E-state index in [1.807, 2.05) is 41.6 Å². The monoisotopic (exact) mass is 462 g/mol. The number of nitrogens with zero attached hydrogens (tertiary/aromatic N) is 3. The summed E-state index contributed by atoms with van der Waals surface area (Å²) in [5, 5.41) is 9.09. The van der Waals surface area contributed by atoms with E-state index in [2.05, 4.69) is 15.5 Å². The molecule has 8 heteroatoms. The minimum absolute atomic E-state index is 0.0922. The van der Waals surface area contributed by atoms with Crippen LogP contribution in [0.15, 0.2) is 34.3 Å². The molecule has 0 aromatic carbocycles. The molecule has 1 aliphatic carbocycles. The van der Waals surface area contributed by atoms with Gasteiger partial charge < -0.3 is 14.7 Å². The van der Waals surface area contributed by atoms with E-state index in [0.29, 0.717) is 25.4 Å². The fourth-order valence-corrected chi connectivity index (χ4v) is 5.23. The lowest BCUT2D eigenvalue weighted by Crippen LogP contribution is -2.37. The van der Waals surface area contributed by atoms with Crippen molar-refractivity contribution in [3.05, 3.63) is 74.1 Å². The zero-order valence-corrected chi connectivity index (χ0v) is 19.4. The van der Waals surface area contributed by atoms with Gasteiger partial charge in [-0.1, -0.05) is 11.2 Å². The van der Waals surface area contributed by atoms with Crippen LogP contribution >= 0.6 is 11.3 Å². The number of carbonyl (C=O) groups excluding carboxylic acids is 2. The zero-order valence-electron chi connectivity index (χ0n) is 18.6. The van der Waals surface area contributed by atoms with E-state index in [9.17, 15) is 9.59 Å². The second-order valence-corrected chi connectivity index (χ2v) is 9.49. The molecule has 0 bridgehead atoms. The fraction of sp³-hybridized carbons (Fsp3) is 0.360. The third kappa shape index (κ3) is 4.48. The SMILES string of the molecule is Cc1ncc2c(c1CNC(=O)/C=C/c1cccs1)CCN(C(=O)c1onc3c1CCCC3)C2. The number of hydrogen-bond donors (Lipinski definition) is 1. The Morgan fingerprint density at radius 3 is 2.97 bits per heavy atom. The lowest BCUT2D eigenvalue weighted by atomic mass is 9.93. The topological polar surface area (TPSA) is 88.3 Å². The molecule has 0 fully saturated rings. The average Bonchev–Trinajstić information content (AvgIpc) is 3.51. The number of thiophene rings is 1. The van der Waals surface area contributed by atoms with Gasteiger partial charge in [-0.2, -0.15) is 0 Å². The maximum Gasteiger partial charge on any atom is 0.293 e. The Hall–Kier alpha value is -3.26. The van der Waals surface area contributed by atoms with Gasteiger partial charge in [-0.05, 0) is 73.2 Å². The van der Waals surface area contributed by atoms with Crippen LogP contribution in [-0.4, -0.2) is 33.4 Å². The van der Waals surface area contributed by atoms with Crippen molar-refractivity contribution < 1.29 is 14.1 Å². The fourth-order valence-electron chi connectivity index (χ4n) is 4.61. The molecule has 1 N–H and O–H groups in total. The Bertz CT molecular complexity index is 1210. The number of aryl methyl sites for hydroxylation is 2. The first-order valence-electron chi connectivity index (χ1n) is 11.3. The van der Waals surface area contributed by atoms with Gasteiger partial charge in [0.25, 0.3) is 5.91 Å². The maximum absolute atomic E-state index is 13.2. The summed E-state index contributed by atoms with van der Waals surface area (Å²) in [6, 6.07) is 3.93. The molecule has 0 unspecified atom stereocenters. The summed E-state index contributed by atoms with van der Waals surface area (Å²) in [4.78, 5) is 32.9. The van der Waals surface area contributed by atoms with Gasteiger partial charge >= 0.3 is 0 Å². The number of amides is 2. The van der Waals surface area contributed by atoms with Gasteiger partial charge in [-0.3, -0.25) is 14.6 Å². The van der Waals surface area contributed by atoms with Crippen LogP contribution in [0.4, 0.5) is 0 Å². The Kier molecular flexibility index (Phi) is 6.09. The summed E-state index contributed by atoms with van der Waals surface area (Å²) in [6.45, 7) is 3.46. The van der Waals surface area contributed by atoms with Crippen LogP contribution in [0.1, 0.15) is 61.9 Å². The number of carbonyl (C=O) groups is 2. The molecule has 3 aromatic heterocycles. The molecule has 33 heavy (non-hydrogen) atoms. The summed E-state index contributed by atoms with van der Waals surface area (Å²) < 4.78 is 5.47. The van der Waals surface area contributed by atoms with Gasteiger partial charge in [0.05, 0.1) is 5.69 Å². The van der Waals surface area contributed by atoms with Crippen molar-refractivity contribution in [2.75, 3.05) is 6.54 Å². The van der Waals surface area contributed by atoms with Crippen LogP contribution in [-0.2, 0) is 37.1 Å². The highest BCUT2D eigenvalue weighted by atomic mass is 32.1. The second-order valence-electron chi connectivity index (χ2n) is 8.51. The number of hydrogen-bond acceptors (Lipinski definition) is 6. The molecular weight excluding hydrogens is 436 g/mol. The molecule has 170 valence electrons. The lowest BCUT2D eigenvalue weighted by molar-refractivity contribution is -0.116. The molecule has 4 heterocycles. The number of fused-ring (bicyclic) bond motifs is 2. The molecule has 2 aliphatic rings. The van der Waals surface area contributed by atoms with Gasteiger partial charge in [0.1, 0.15) is 0 Å². The van der Waals surface area contributed by atoms with E-state index in [-0.39, 0.29) is 11.8 Å². The normalized spacial score (nSPS) is 15.4. The smallest absolute Gasteiger partial charge is 0.293 e. The summed E-state index contributed by atoms with van der Waals surface area (Å²) in [6.07, 6.45) is 9.85. The van der Waals surface area contributed by atoms with Crippen LogP contribution in [0, 0.1) is 6.92 Å². The van der Waals surface area contributed by atoms with Crippen molar-refractivity contribution in [1.29, 1.82) is 0 Å². The summed E-state index contributed by atoms with van der Waals surface area (Å²) in [5.74, 6) is 0.173. The number of rotatable bonds is 5. The molecule has 0 atom stereocenters. The van der Waals surface area contributed by atoms with E-state index in [0.717, 1.165) is 65.1 Å². The highest BCUT2D eigenvalue weighted by Gasteiger charge is 2.30. The quantitative estimate of drug-likeness (QED) is 0.582. The number of pyridine rings is 1. The number of nitrogens with one attached hydrogen (secondary N) is 1. The predicted octanol–water partition coefficient (Wildman–Crippen LogP) is 3.85. The maximum atomic E-state index is 13.2. The van der Waals surface area contributed by atoms with Crippen molar-refractivity contribution in [2.24, 2.45) is 0 Å². The molecule has 1 aliphatic heterocycles. The highest BCUT2D eigenvalue weighted by molar-refractivity contribution is 7.10. The Balaban J connectivity index is 1.28. The third-order valence-electron chi connectivity index (χ3n) is 6.42. The molecule has 0 saturated heterocycles. The van der Waals surface area contributed by atoms with Gasteiger partial charge in [-0.25, -0.2) is 0 Å². The third-order valence-corrected chi connectivity index (χ3v) is 7.26. The highest BCUT2D eigenvalue weighted by Crippen LogP contribution is 2.28. The van der Waals surface area contributed by atoms with E-state index >= 15 is 0 Å². The summed E-state index contributed by atoms with van der Waals surface area (Å²) >= 11 is 1.59. The largest absolute Gasteiger partial charge is 0.350 e. The van der Waals surface area contributed by atoms with Crippen LogP contribution in [0.2, 0.25) is 0 Å². The summed E-state index contributed by atoms with van der Waals surface area (Å²) in [7, 11) is 0. The van der Waals surface area contributed by atoms with Crippen LogP contribution < -0.4 is 5.32 Å². The molecule has 2 amide bonds. The van der Waals surface area contributed by atoms with Crippen LogP contribution in [0.3, 0.4) is 0 Å². The molecule has 5 rings (SSSR count). The lowest BCUT2D eigenvalue weighted by Gasteiger charge is -2.30. The van der Waals surface area contributed by atoms with Gasteiger partial charge in [0.2, 0.25) is 11.7 Å². The Morgan fingerprint density at radius 1 is 1.24 bits per heavy atom. The first-order valence-corrected chi connectivity index (χ1v) is 12.2. The molecule has 0 saturated carbocycles.